The summed E-state index contributed by atoms with van der Waals surface area (Å²) < 4.78 is 24.1. The normalized spacial score (nSPS) is 12.2. The molecular formula is C14H19N5O3S. The fourth-order valence-electron chi connectivity index (χ4n) is 1.84. The van der Waals surface area contributed by atoms with Crippen LogP contribution < -0.4 is 10.5 Å². The third-order valence-corrected chi connectivity index (χ3v) is 3.97. The summed E-state index contributed by atoms with van der Waals surface area (Å²) in [6, 6.07) is 5.69. The average Bonchev–Trinajstić information content (AvgIpc) is 2.80. The third-order valence-electron chi connectivity index (χ3n) is 3.06. The van der Waals surface area contributed by atoms with Crippen LogP contribution >= 0.6 is 0 Å². The number of nitrogens with zero attached hydrogens (tertiary/aromatic N) is 3. The summed E-state index contributed by atoms with van der Waals surface area (Å²) in [5.74, 6) is 0.196. The molecule has 0 aliphatic heterocycles. The van der Waals surface area contributed by atoms with Crippen molar-refractivity contribution in [1.82, 2.24) is 14.8 Å². The summed E-state index contributed by atoms with van der Waals surface area (Å²) in [4.78, 5) is 16.5. The van der Waals surface area contributed by atoms with Crippen LogP contribution in [0.15, 0.2) is 29.2 Å². The quantitative estimate of drug-likeness (QED) is 0.866. The number of carbonyl (C=O) groups is 1. The predicted octanol–water partition coefficient (Wildman–Crippen LogP) is 1.01. The average molecular weight is 337 g/mol. The minimum absolute atomic E-state index is 0.0800. The first kappa shape index (κ1) is 17.1. The number of anilines is 1. The molecule has 0 unspecified atom stereocenters. The van der Waals surface area contributed by atoms with Gasteiger partial charge in [0, 0.05) is 18.2 Å². The van der Waals surface area contributed by atoms with E-state index in [0.29, 0.717) is 11.5 Å². The number of nitrogens with two attached hydrogens (primary N) is 1. The van der Waals surface area contributed by atoms with Gasteiger partial charge in [0.2, 0.25) is 15.8 Å². The molecule has 0 aliphatic rings. The number of rotatable bonds is 3. The molecule has 9 heteroatoms. The first-order chi connectivity index (χ1) is 10.5. The molecule has 0 saturated carbocycles. The van der Waals surface area contributed by atoms with Gasteiger partial charge in [0.15, 0.2) is 5.82 Å². The molecule has 1 amide bonds. The molecule has 2 rings (SSSR count). The Bertz CT molecular complexity index is 850. The van der Waals surface area contributed by atoms with Crippen molar-refractivity contribution in [1.29, 1.82) is 0 Å². The first-order valence-electron chi connectivity index (χ1n) is 6.84. The zero-order valence-electron chi connectivity index (χ0n) is 13.4. The number of amides is 1. The van der Waals surface area contributed by atoms with Crippen LogP contribution in [0.5, 0.6) is 0 Å². The molecule has 0 bridgehead atoms. The summed E-state index contributed by atoms with van der Waals surface area (Å²) in [6.45, 7) is 5.83. The molecule has 124 valence electrons. The highest BCUT2D eigenvalue weighted by atomic mass is 32.2. The molecule has 0 aliphatic carbocycles. The van der Waals surface area contributed by atoms with Crippen LogP contribution in [0.3, 0.4) is 0 Å². The van der Waals surface area contributed by atoms with Gasteiger partial charge in [0.25, 0.3) is 5.91 Å². The molecule has 3 N–H and O–H groups in total. The smallest absolute Gasteiger partial charge is 0.293 e. The zero-order valence-corrected chi connectivity index (χ0v) is 14.2. The lowest BCUT2D eigenvalue weighted by Gasteiger charge is -2.11. The van der Waals surface area contributed by atoms with Crippen LogP contribution in [0.4, 0.5) is 5.69 Å². The van der Waals surface area contributed by atoms with E-state index in [1.807, 2.05) is 20.8 Å². The molecule has 8 nitrogen and oxygen atoms in total. The SMILES string of the molecule is Cn1nc(C(C)(C)C)nc1C(=O)Nc1cccc(S(N)(=O)=O)c1. The molecule has 0 saturated heterocycles. The zero-order chi connectivity index (χ0) is 17.4. The van der Waals surface area contributed by atoms with Crippen LogP contribution in [0.2, 0.25) is 0 Å². The van der Waals surface area contributed by atoms with E-state index in [9.17, 15) is 13.2 Å². The van der Waals surface area contributed by atoms with Gasteiger partial charge >= 0.3 is 0 Å². The summed E-state index contributed by atoms with van der Waals surface area (Å²) in [6.07, 6.45) is 0. The highest BCUT2D eigenvalue weighted by Gasteiger charge is 2.23. The standard InChI is InChI=1S/C14H19N5O3S/c1-14(2,3)13-17-11(19(4)18-13)12(20)16-9-6-5-7-10(8-9)23(15,21)22/h5-8H,1-4H3,(H,16,20)(H2,15,21,22). The van der Waals surface area contributed by atoms with Crippen molar-refractivity contribution in [3.8, 4) is 0 Å². The Kier molecular flexibility index (Phi) is 4.27. The second kappa shape index (κ2) is 5.74. The molecule has 0 atom stereocenters. The maximum Gasteiger partial charge on any atom is 0.293 e. The van der Waals surface area contributed by atoms with Crippen molar-refractivity contribution in [2.24, 2.45) is 12.2 Å². The van der Waals surface area contributed by atoms with Gasteiger partial charge in [0.05, 0.1) is 4.90 Å². The number of hydrogen-bond acceptors (Lipinski definition) is 5. The highest BCUT2D eigenvalue weighted by molar-refractivity contribution is 7.89. The van der Waals surface area contributed by atoms with E-state index in [1.165, 1.54) is 22.9 Å². The van der Waals surface area contributed by atoms with Gasteiger partial charge < -0.3 is 5.32 Å². The molecule has 0 fully saturated rings. The molecule has 2 aromatic rings. The number of primary sulfonamides is 1. The number of aromatic nitrogens is 3. The van der Waals surface area contributed by atoms with E-state index in [1.54, 1.807) is 13.1 Å². The van der Waals surface area contributed by atoms with E-state index in [2.05, 4.69) is 15.4 Å². The Hall–Kier alpha value is -2.26. The van der Waals surface area contributed by atoms with Crippen LogP contribution in [0, 0.1) is 0 Å². The largest absolute Gasteiger partial charge is 0.319 e. The number of aryl methyl sites for hydroxylation is 1. The van der Waals surface area contributed by atoms with Gasteiger partial charge in [-0.15, -0.1) is 0 Å². The fourth-order valence-corrected chi connectivity index (χ4v) is 2.40. The minimum Gasteiger partial charge on any atom is -0.319 e. The summed E-state index contributed by atoms with van der Waals surface area (Å²) in [5, 5.41) is 11.9. The number of nitrogens with one attached hydrogen (secondary N) is 1. The fraction of sp³-hybridized carbons (Fsp3) is 0.357. The van der Waals surface area contributed by atoms with Crippen molar-refractivity contribution in [3.05, 3.63) is 35.9 Å². The predicted molar refractivity (Wildman–Crippen MR) is 85.5 cm³/mol. The molecule has 1 aromatic heterocycles. The molecule has 1 heterocycles. The van der Waals surface area contributed by atoms with Crippen LogP contribution in [-0.4, -0.2) is 29.1 Å². The Balaban J connectivity index is 2.28. The van der Waals surface area contributed by atoms with E-state index in [-0.39, 0.29) is 16.1 Å². The van der Waals surface area contributed by atoms with Gasteiger partial charge in [-0.3, -0.25) is 4.79 Å². The molecule has 0 spiro atoms. The monoisotopic (exact) mass is 337 g/mol. The van der Waals surface area contributed by atoms with E-state index in [4.69, 9.17) is 5.14 Å². The van der Waals surface area contributed by atoms with Crippen LogP contribution in [-0.2, 0) is 22.5 Å². The number of carbonyl (C=O) groups excluding carboxylic acids is 1. The van der Waals surface area contributed by atoms with E-state index < -0.39 is 15.9 Å². The summed E-state index contributed by atoms with van der Waals surface area (Å²) in [5.41, 5.74) is 0.0194. The number of benzene rings is 1. The number of sulfonamides is 1. The van der Waals surface area contributed by atoms with Crippen LogP contribution in [0.1, 0.15) is 37.2 Å². The van der Waals surface area contributed by atoms with E-state index in [0.717, 1.165) is 0 Å². The maximum atomic E-state index is 12.3. The second-order valence-electron chi connectivity index (χ2n) is 6.16. The number of hydrogen-bond donors (Lipinski definition) is 2. The Morgan fingerprint density at radius 2 is 1.96 bits per heavy atom. The van der Waals surface area contributed by atoms with Crippen molar-refractivity contribution in [3.63, 3.8) is 0 Å². The van der Waals surface area contributed by atoms with Gasteiger partial charge in [0.1, 0.15) is 0 Å². The molecular weight excluding hydrogens is 318 g/mol. The Morgan fingerprint density at radius 1 is 1.30 bits per heavy atom. The van der Waals surface area contributed by atoms with Gasteiger partial charge in [-0.25, -0.2) is 23.2 Å². The van der Waals surface area contributed by atoms with E-state index >= 15 is 0 Å². The topological polar surface area (TPSA) is 120 Å². The summed E-state index contributed by atoms with van der Waals surface area (Å²) in [7, 11) is -2.21. The molecule has 0 radical (unpaired) electrons. The lowest BCUT2D eigenvalue weighted by atomic mass is 9.96. The Labute approximate surface area is 134 Å². The lowest BCUT2D eigenvalue weighted by molar-refractivity contribution is 0.101. The van der Waals surface area contributed by atoms with Gasteiger partial charge in [-0.1, -0.05) is 26.8 Å². The van der Waals surface area contributed by atoms with Gasteiger partial charge in [-0.2, -0.15) is 5.10 Å². The lowest BCUT2D eigenvalue weighted by Crippen LogP contribution is -2.18. The Morgan fingerprint density at radius 3 is 2.48 bits per heavy atom. The molecule has 1 aromatic carbocycles. The van der Waals surface area contributed by atoms with Crippen LogP contribution in [0.25, 0.3) is 0 Å². The molecule has 23 heavy (non-hydrogen) atoms. The van der Waals surface area contributed by atoms with Crippen molar-refractivity contribution >= 4 is 21.6 Å². The second-order valence-corrected chi connectivity index (χ2v) is 7.72. The third kappa shape index (κ3) is 3.93. The van der Waals surface area contributed by atoms with Gasteiger partial charge in [-0.05, 0) is 18.2 Å². The maximum absolute atomic E-state index is 12.3. The summed E-state index contributed by atoms with van der Waals surface area (Å²) >= 11 is 0. The first-order valence-corrected chi connectivity index (χ1v) is 8.39. The van der Waals surface area contributed by atoms with Crippen molar-refractivity contribution in [2.75, 3.05) is 5.32 Å². The highest BCUT2D eigenvalue weighted by Crippen LogP contribution is 2.19. The minimum atomic E-state index is -3.83. The van der Waals surface area contributed by atoms with Crippen molar-refractivity contribution in [2.45, 2.75) is 31.1 Å². The van der Waals surface area contributed by atoms with Crippen molar-refractivity contribution < 1.29 is 13.2 Å².